The monoisotopic (exact) mass is 434 g/mol. The van der Waals surface area contributed by atoms with Crippen LogP contribution in [0.5, 0.6) is 17.2 Å². The Morgan fingerprint density at radius 3 is 2.44 bits per heavy atom. The lowest BCUT2D eigenvalue weighted by molar-refractivity contribution is 0.0957. The van der Waals surface area contributed by atoms with Crippen molar-refractivity contribution in [3.05, 3.63) is 82.6 Å². The van der Waals surface area contributed by atoms with Crippen LogP contribution in [0.2, 0.25) is 0 Å². The third kappa shape index (κ3) is 3.91. The molecule has 1 aliphatic rings. The number of rotatable bonds is 7. The first-order chi connectivity index (χ1) is 15.4. The molecule has 1 aromatic heterocycles. The Labute approximate surface area is 185 Å². The van der Waals surface area contributed by atoms with Crippen molar-refractivity contribution in [3.8, 4) is 17.2 Å². The Morgan fingerprint density at radius 2 is 1.81 bits per heavy atom. The van der Waals surface area contributed by atoms with E-state index in [9.17, 15) is 14.3 Å². The molecule has 0 saturated carbocycles. The highest BCUT2D eigenvalue weighted by atomic mass is 19.1. The molecule has 2 aromatic carbocycles. The summed E-state index contributed by atoms with van der Waals surface area (Å²) in [4.78, 5) is 12.4. The highest BCUT2D eigenvalue weighted by Crippen LogP contribution is 2.45. The van der Waals surface area contributed by atoms with Crippen molar-refractivity contribution in [2.24, 2.45) is 0 Å². The van der Waals surface area contributed by atoms with E-state index in [2.05, 4.69) is 0 Å². The van der Waals surface area contributed by atoms with E-state index in [1.165, 1.54) is 32.6 Å². The molecular weight excluding hydrogens is 411 g/mol. The number of fused-ring (bicyclic) bond motifs is 1. The fourth-order valence-corrected chi connectivity index (χ4v) is 4.04. The van der Waals surface area contributed by atoms with Crippen LogP contribution in [0.4, 0.5) is 4.39 Å². The third-order valence-electron chi connectivity index (χ3n) is 5.66. The fourth-order valence-electron chi connectivity index (χ4n) is 4.04. The summed E-state index contributed by atoms with van der Waals surface area (Å²) in [6.07, 6.45) is 4.13. The molecule has 164 valence electrons. The van der Waals surface area contributed by atoms with Gasteiger partial charge in [0.05, 0.1) is 20.5 Å². The van der Waals surface area contributed by atoms with Gasteiger partial charge in [-0.15, -0.1) is 0 Å². The Bertz CT molecular complexity index is 1210. The standard InChI is InChI=1S/C26H23FO5/c1-15-18(8-9-22(28)23-5-4-10-32-23)21-14-17(27)6-7-19(21)20(15)11-16-12-24(30-2)26(29)25(13-16)31-3/h4-7,10-14,29H,8-9H2,1-3H3/b20-11-. The van der Waals surface area contributed by atoms with Crippen LogP contribution >= 0.6 is 0 Å². The number of ether oxygens (including phenoxy) is 2. The van der Waals surface area contributed by atoms with Crippen molar-refractivity contribution >= 4 is 23.0 Å². The smallest absolute Gasteiger partial charge is 0.200 e. The van der Waals surface area contributed by atoms with Crippen molar-refractivity contribution < 1.29 is 28.2 Å². The number of halogens is 1. The van der Waals surface area contributed by atoms with Crippen molar-refractivity contribution in [2.75, 3.05) is 14.2 Å². The van der Waals surface area contributed by atoms with Crippen LogP contribution in [-0.2, 0) is 0 Å². The SMILES string of the molecule is COc1cc(/C=C2/C(C)=C(CCC(=O)c3ccco3)c3cc(F)ccc32)cc(OC)c1O. The Morgan fingerprint density at radius 1 is 1.09 bits per heavy atom. The summed E-state index contributed by atoms with van der Waals surface area (Å²) in [5, 5.41) is 10.2. The molecule has 0 unspecified atom stereocenters. The van der Waals surface area contributed by atoms with Crippen LogP contribution in [0.1, 0.15) is 47.0 Å². The number of allylic oxidation sites excluding steroid dienone is 3. The second kappa shape index (κ2) is 8.75. The van der Waals surface area contributed by atoms with E-state index in [0.717, 1.165) is 33.4 Å². The molecule has 32 heavy (non-hydrogen) atoms. The highest BCUT2D eigenvalue weighted by molar-refractivity contribution is 6.06. The molecular formula is C26H23FO5. The van der Waals surface area contributed by atoms with E-state index in [1.54, 1.807) is 30.3 Å². The Kier molecular flexibility index (Phi) is 5.86. The first-order valence-electron chi connectivity index (χ1n) is 10.2. The van der Waals surface area contributed by atoms with E-state index < -0.39 is 0 Å². The number of hydrogen-bond acceptors (Lipinski definition) is 5. The van der Waals surface area contributed by atoms with E-state index in [-0.39, 0.29) is 23.8 Å². The minimum absolute atomic E-state index is 0.0737. The quantitative estimate of drug-likeness (QED) is 0.453. The minimum atomic E-state index is -0.333. The van der Waals surface area contributed by atoms with Gasteiger partial charge in [-0.2, -0.15) is 0 Å². The predicted molar refractivity (Wildman–Crippen MR) is 120 cm³/mol. The topological polar surface area (TPSA) is 68.9 Å². The van der Waals surface area contributed by atoms with Crippen molar-refractivity contribution in [2.45, 2.75) is 19.8 Å². The summed E-state index contributed by atoms with van der Waals surface area (Å²) in [5.41, 5.74) is 5.21. The minimum Gasteiger partial charge on any atom is -0.502 e. The summed E-state index contributed by atoms with van der Waals surface area (Å²) in [6.45, 7) is 1.96. The maximum atomic E-state index is 14.1. The molecule has 1 heterocycles. The van der Waals surface area contributed by atoms with E-state index in [4.69, 9.17) is 13.9 Å². The lowest BCUT2D eigenvalue weighted by Crippen LogP contribution is -1.98. The molecule has 5 nitrogen and oxygen atoms in total. The molecule has 0 atom stereocenters. The third-order valence-corrected chi connectivity index (χ3v) is 5.66. The maximum absolute atomic E-state index is 14.1. The average molecular weight is 434 g/mol. The molecule has 4 rings (SSSR count). The molecule has 0 amide bonds. The van der Waals surface area contributed by atoms with Gasteiger partial charge >= 0.3 is 0 Å². The number of phenolic OH excluding ortho intramolecular Hbond substituents is 1. The van der Waals surface area contributed by atoms with Gasteiger partial charge in [0.2, 0.25) is 5.75 Å². The molecule has 1 N–H and O–H groups in total. The number of Topliss-reactive ketones (excluding diaryl/α,β-unsaturated/α-hetero) is 1. The summed E-state index contributed by atoms with van der Waals surface area (Å²) >= 11 is 0. The normalized spacial score (nSPS) is 14.1. The Hall–Kier alpha value is -3.80. The number of furan rings is 1. The number of carbonyl (C=O) groups excluding carboxylic acids is 1. The van der Waals surface area contributed by atoms with Crippen molar-refractivity contribution in [1.29, 1.82) is 0 Å². The van der Waals surface area contributed by atoms with Gasteiger partial charge in [0.25, 0.3) is 0 Å². The summed E-state index contributed by atoms with van der Waals surface area (Å²) in [6, 6.07) is 11.4. The van der Waals surface area contributed by atoms with Gasteiger partial charge in [-0.05, 0) is 89.2 Å². The second-order valence-corrected chi connectivity index (χ2v) is 7.53. The van der Waals surface area contributed by atoms with Gasteiger partial charge in [-0.3, -0.25) is 4.79 Å². The first-order valence-corrected chi connectivity index (χ1v) is 10.2. The van der Waals surface area contributed by atoms with Gasteiger partial charge in [-0.1, -0.05) is 6.07 Å². The molecule has 0 aliphatic heterocycles. The maximum Gasteiger partial charge on any atom is 0.200 e. The van der Waals surface area contributed by atoms with E-state index in [1.807, 2.05) is 13.0 Å². The van der Waals surface area contributed by atoms with Crippen LogP contribution < -0.4 is 9.47 Å². The van der Waals surface area contributed by atoms with Gasteiger partial charge in [0.15, 0.2) is 23.0 Å². The van der Waals surface area contributed by atoms with Gasteiger partial charge in [-0.25, -0.2) is 4.39 Å². The zero-order valence-electron chi connectivity index (χ0n) is 18.1. The van der Waals surface area contributed by atoms with E-state index in [0.29, 0.717) is 23.7 Å². The van der Waals surface area contributed by atoms with Crippen molar-refractivity contribution in [3.63, 3.8) is 0 Å². The van der Waals surface area contributed by atoms with Crippen LogP contribution in [0, 0.1) is 5.82 Å². The summed E-state index contributed by atoms with van der Waals surface area (Å²) < 4.78 is 29.8. The molecule has 3 aromatic rings. The lowest BCUT2D eigenvalue weighted by atomic mass is 9.99. The first kappa shape index (κ1) is 21.4. The van der Waals surface area contributed by atoms with Gasteiger partial charge < -0.3 is 19.0 Å². The predicted octanol–water partition coefficient (Wildman–Crippen LogP) is 6.13. The largest absolute Gasteiger partial charge is 0.502 e. The van der Waals surface area contributed by atoms with Crippen LogP contribution in [0.25, 0.3) is 17.2 Å². The van der Waals surface area contributed by atoms with Crippen LogP contribution in [0.3, 0.4) is 0 Å². The van der Waals surface area contributed by atoms with E-state index >= 15 is 0 Å². The molecule has 0 spiro atoms. The molecule has 1 aliphatic carbocycles. The zero-order chi connectivity index (χ0) is 22.8. The highest BCUT2D eigenvalue weighted by Gasteiger charge is 2.25. The number of methoxy groups -OCH3 is 2. The molecule has 0 bridgehead atoms. The number of phenols is 1. The lowest BCUT2D eigenvalue weighted by Gasteiger charge is -2.11. The van der Waals surface area contributed by atoms with Crippen LogP contribution in [0.15, 0.2) is 58.7 Å². The average Bonchev–Trinajstić information content (AvgIpc) is 3.41. The number of benzene rings is 2. The number of aromatic hydroxyl groups is 1. The molecule has 6 heteroatoms. The Balaban J connectivity index is 1.75. The fraction of sp³-hybridized carbons (Fsp3) is 0.192. The molecule has 0 fully saturated rings. The number of hydrogen-bond donors (Lipinski definition) is 1. The number of ketones is 1. The second-order valence-electron chi connectivity index (χ2n) is 7.53. The summed E-state index contributed by atoms with van der Waals surface area (Å²) in [5.74, 6) is 0.397. The number of carbonyl (C=O) groups is 1. The summed E-state index contributed by atoms with van der Waals surface area (Å²) in [7, 11) is 2.94. The van der Waals surface area contributed by atoms with Crippen LogP contribution in [-0.4, -0.2) is 25.1 Å². The van der Waals surface area contributed by atoms with Crippen molar-refractivity contribution in [1.82, 2.24) is 0 Å². The molecule has 0 radical (unpaired) electrons. The molecule has 0 saturated heterocycles. The van der Waals surface area contributed by atoms with Gasteiger partial charge in [0.1, 0.15) is 5.82 Å². The zero-order valence-corrected chi connectivity index (χ0v) is 18.1. The van der Waals surface area contributed by atoms with Gasteiger partial charge in [0, 0.05) is 6.42 Å².